The highest BCUT2D eigenvalue weighted by Gasteiger charge is 2.26. The van der Waals surface area contributed by atoms with Gasteiger partial charge in [-0.15, -0.1) is 0 Å². The molecule has 1 aromatic rings. The minimum absolute atomic E-state index is 0.130. The third-order valence-electron chi connectivity index (χ3n) is 3.48. The van der Waals surface area contributed by atoms with Gasteiger partial charge >= 0.3 is 0 Å². The first kappa shape index (κ1) is 18.4. The summed E-state index contributed by atoms with van der Waals surface area (Å²) in [6.45, 7) is 14.4. The normalized spacial score (nSPS) is 13.1. The first-order valence-corrected chi connectivity index (χ1v) is 7.73. The van der Waals surface area contributed by atoms with E-state index in [9.17, 15) is 5.11 Å². The molecule has 0 heterocycles. The Bertz CT molecular complexity index is 572. The van der Waals surface area contributed by atoms with Crippen LogP contribution in [-0.2, 0) is 10.8 Å². The maximum Gasteiger partial charge on any atom is 0.184 e. The van der Waals surface area contributed by atoms with Crippen LogP contribution < -0.4 is 11.2 Å². The van der Waals surface area contributed by atoms with Crippen molar-refractivity contribution in [2.75, 3.05) is 0 Å². The van der Waals surface area contributed by atoms with E-state index in [4.69, 9.17) is 18.0 Å². The summed E-state index contributed by atoms with van der Waals surface area (Å²) >= 11 is 4.77. The van der Waals surface area contributed by atoms with E-state index in [0.717, 1.165) is 22.4 Å². The van der Waals surface area contributed by atoms with Gasteiger partial charge in [-0.25, -0.2) is 0 Å². The third kappa shape index (κ3) is 4.44. The largest absolute Gasteiger partial charge is 0.507 e. The second kappa shape index (κ2) is 6.24. The molecule has 0 unspecified atom stereocenters. The van der Waals surface area contributed by atoms with E-state index in [1.54, 1.807) is 0 Å². The van der Waals surface area contributed by atoms with Crippen LogP contribution in [0, 0.1) is 0 Å². The Morgan fingerprint density at radius 2 is 1.50 bits per heavy atom. The minimum Gasteiger partial charge on any atom is -0.507 e. The molecule has 4 nitrogen and oxygen atoms in total. The van der Waals surface area contributed by atoms with Gasteiger partial charge in [0.2, 0.25) is 0 Å². The van der Waals surface area contributed by atoms with E-state index < -0.39 is 0 Å². The van der Waals surface area contributed by atoms with Crippen molar-refractivity contribution in [3.8, 4) is 5.75 Å². The van der Waals surface area contributed by atoms with Crippen LogP contribution in [0.25, 0.3) is 0 Å². The maximum atomic E-state index is 10.7. The maximum absolute atomic E-state index is 10.7. The molecular weight excluding hydrogens is 294 g/mol. The average Bonchev–Trinajstić information content (AvgIpc) is 2.33. The van der Waals surface area contributed by atoms with E-state index in [1.165, 1.54) is 0 Å². The summed E-state index contributed by atoms with van der Waals surface area (Å²) in [5.41, 5.74) is 11.2. The van der Waals surface area contributed by atoms with E-state index in [1.807, 2.05) is 19.1 Å². The van der Waals surface area contributed by atoms with Gasteiger partial charge in [-0.2, -0.15) is 5.10 Å². The van der Waals surface area contributed by atoms with Crippen LogP contribution in [-0.4, -0.2) is 15.9 Å². The first-order chi connectivity index (χ1) is 9.84. The predicted molar refractivity (Wildman–Crippen MR) is 97.6 cm³/mol. The molecule has 0 saturated carbocycles. The molecule has 1 aromatic carbocycles. The molecule has 1 rings (SSSR count). The SMILES string of the molecule is C/C(=N\NC(N)=S)c1cc(C(C)(C)C)c(O)c(C(C)(C)C)c1. The molecule has 0 amide bonds. The number of hydrogen-bond donors (Lipinski definition) is 3. The number of hydrogen-bond acceptors (Lipinski definition) is 3. The second-order valence-electron chi connectivity index (χ2n) is 7.59. The van der Waals surface area contributed by atoms with E-state index in [0.29, 0.717) is 5.75 Å². The van der Waals surface area contributed by atoms with Crippen LogP contribution in [0.1, 0.15) is 65.2 Å². The lowest BCUT2D eigenvalue weighted by atomic mass is 9.78. The summed E-state index contributed by atoms with van der Waals surface area (Å²) in [4.78, 5) is 0. The van der Waals surface area contributed by atoms with Crippen molar-refractivity contribution in [1.82, 2.24) is 5.43 Å². The number of phenols is 1. The van der Waals surface area contributed by atoms with Crippen molar-refractivity contribution in [3.05, 3.63) is 28.8 Å². The Morgan fingerprint density at radius 1 is 1.09 bits per heavy atom. The molecule has 4 N–H and O–H groups in total. The fraction of sp³-hybridized carbons (Fsp3) is 0.529. The fourth-order valence-corrected chi connectivity index (χ4v) is 2.24. The lowest BCUT2D eigenvalue weighted by Crippen LogP contribution is -2.25. The number of rotatable bonds is 2. The quantitative estimate of drug-likeness (QED) is 0.442. The summed E-state index contributed by atoms with van der Waals surface area (Å²) in [6.07, 6.45) is 0. The van der Waals surface area contributed by atoms with Crippen molar-refractivity contribution in [3.63, 3.8) is 0 Å². The lowest BCUT2D eigenvalue weighted by Gasteiger charge is -2.28. The van der Waals surface area contributed by atoms with Crippen LogP contribution in [0.4, 0.5) is 0 Å². The van der Waals surface area contributed by atoms with Gasteiger partial charge in [0, 0.05) is 11.1 Å². The number of nitrogens with zero attached hydrogens (tertiary/aromatic N) is 1. The molecule has 5 heteroatoms. The van der Waals surface area contributed by atoms with E-state index in [2.05, 4.69) is 52.1 Å². The van der Waals surface area contributed by atoms with Crippen molar-refractivity contribution in [1.29, 1.82) is 0 Å². The van der Waals surface area contributed by atoms with Crippen LogP contribution in [0.3, 0.4) is 0 Å². The highest BCUT2D eigenvalue weighted by molar-refractivity contribution is 7.80. The van der Waals surface area contributed by atoms with Crippen molar-refractivity contribution in [2.45, 2.75) is 59.3 Å². The summed E-state index contributed by atoms with van der Waals surface area (Å²) in [6, 6.07) is 3.95. The predicted octanol–water partition coefficient (Wildman–Crippen LogP) is 3.54. The molecule has 122 valence electrons. The molecule has 0 atom stereocenters. The van der Waals surface area contributed by atoms with Crippen LogP contribution >= 0.6 is 12.2 Å². The van der Waals surface area contributed by atoms with Gasteiger partial charge in [0.25, 0.3) is 0 Å². The molecule has 22 heavy (non-hydrogen) atoms. The number of phenolic OH excluding ortho intramolecular Hbond substituents is 1. The Labute approximate surface area is 138 Å². The van der Waals surface area contributed by atoms with Crippen molar-refractivity contribution < 1.29 is 5.11 Å². The summed E-state index contributed by atoms with van der Waals surface area (Å²) in [5.74, 6) is 0.360. The van der Waals surface area contributed by atoms with Gasteiger partial charge in [-0.05, 0) is 47.7 Å². The zero-order chi connectivity index (χ0) is 17.3. The molecular formula is C17H27N3OS. The Kier molecular flexibility index (Phi) is 5.23. The lowest BCUT2D eigenvalue weighted by molar-refractivity contribution is 0.423. The first-order valence-electron chi connectivity index (χ1n) is 7.32. The summed E-state index contributed by atoms with van der Waals surface area (Å²) < 4.78 is 0. The molecule has 0 fully saturated rings. The zero-order valence-electron chi connectivity index (χ0n) is 14.5. The van der Waals surface area contributed by atoms with Gasteiger partial charge in [0.15, 0.2) is 5.11 Å². The van der Waals surface area contributed by atoms with E-state index in [-0.39, 0.29) is 15.9 Å². The monoisotopic (exact) mass is 321 g/mol. The van der Waals surface area contributed by atoms with Crippen LogP contribution in [0.2, 0.25) is 0 Å². The van der Waals surface area contributed by atoms with Crippen molar-refractivity contribution in [2.24, 2.45) is 10.8 Å². The molecule has 0 bridgehead atoms. The van der Waals surface area contributed by atoms with Gasteiger partial charge in [-0.1, -0.05) is 41.5 Å². The van der Waals surface area contributed by atoms with Crippen LogP contribution in [0.15, 0.2) is 17.2 Å². The summed E-state index contributed by atoms with van der Waals surface area (Å²) in [5, 5.41) is 15.0. The molecule has 0 aromatic heterocycles. The molecule has 0 aliphatic heterocycles. The minimum atomic E-state index is -0.170. The van der Waals surface area contributed by atoms with Gasteiger partial charge < -0.3 is 10.8 Å². The second-order valence-corrected chi connectivity index (χ2v) is 8.03. The molecule has 0 radical (unpaired) electrons. The molecule has 0 aliphatic rings. The zero-order valence-corrected chi connectivity index (χ0v) is 15.4. The topological polar surface area (TPSA) is 70.6 Å². The Morgan fingerprint density at radius 3 is 1.82 bits per heavy atom. The number of nitrogens with one attached hydrogen (secondary N) is 1. The highest BCUT2D eigenvalue weighted by atomic mass is 32.1. The van der Waals surface area contributed by atoms with Crippen molar-refractivity contribution >= 4 is 23.0 Å². The Hall–Kier alpha value is -1.62. The Balaban J connectivity index is 3.54. The molecule has 0 spiro atoms. The number of benzene rings is 1. The molecule has 0 aliphatic carbocycles. The smallest absolute Gasteiger partial charge is 0.184 e. The number of thiocarbonyl (C=S) groups is 1. The van der Waals surface area contributed by atoms with Crippen LogP contribution in [0.5, 0.6) is 5.75 Å². The number of hydrazone groups is 1. The van der Waals surface area contributed by atoms with Gasteiger partial charge in [-0.3, -0.25) is 5.43 Å². The third-order valence-corrected chi connectivity index (χ3v) is 3.57. The standard InChI is InChI=1S/C17H27N3OS/c1-10(19-20-15(18)22)11-8-12(16(2,3)4)14(21)13(9-11)17(5,6)7/h8-9,21H,1-7H3,(H3,18,20,22)/b19-10+. The number of nitrogens with two attached hydrogens (primary N) is 1. The van der Waals surface area contributed by atoms with Gasteiger partial charge in [0.05, 0.1) is 5.71 Å². The molecule has 0 saturated heterocycles. The average molecular weight is 321 g/mol. The van der Waals surface area contributed by atoms with Gasteiger partial charge in [0.1, 0.15) is 5.75 Å². The fourth-order valence-electron chi connectivity index (χ4n) is 2.19. The highest BCUT2D eigenvalue weighted by Crippen LogP contribution is 2.39. The van der Waals surface area contributed by atoms with E-state index >= 15 is 0 Å². The summed E-state index contributed by atoms with van der Waals surface area (Å²) in [7, 11) is 0. The number of aromatic hydroxyl groups is 1.